The first-order valence-corrected chi connectivity index (χ1v) is 9.63. The zero-order valence-corrected chi connectivity index (χ0v) is 14.9. The van der Waals surface area contributed by atoms with Crippen molar-refractivity contribution in [3.8, 4) is 0 Å². The number of aromatic amines is 1. The largest absolute Gasteiger partial charge is 0.353 e. The molecule has 1 saturated heterocycles. The molecule has 6 heteroatoms. The molecule has 2 heterocycles. The molecule has 1 fully saturated rings. The molecule has 0 bridgehead atoms. The molecular formula is C19H28N4O2+2. The Morgan fingerprint density at radius 1 is 1.32 bits per heavy atom. The molecule has 0 saturated carbocycles. The third-order valence-electron chi connectivity index (χ3n) is 6.19. The normalized spacial score (nSPS) is 26.5. The molecule has 4 N–H and O–H groups in total. The van der Waals surface area contributed by atoms with Crippen molar-refractivity contribution in [1.29, 1.82) is 0 Å². The van der Waals surface area contributed by atoms with E-state index >= 15 is 0 Å². The fraction of sp³-hybridized carbons (Fsp3) is 0.579. The number of H-pyrrole nitrogens is 1. The van der Waals surface area contributed by atoms with Crippen LogP contribution in [0.15, 0.2) is 18.2 Å². The van der Waals surface area contributed by atoms with E-state index in [1.54, 1.807) is 17.0 Å². The summed E-state index contributed by atoms with van der Waals surface area (Å²) in [6.45, 7) is 6.09. The summed E-state index contributed by atoms with van der Waals surface area (Å²) in [5, 5.41) is 14.7. The number of likely N-dealkylation sites (tertiary alicyclic amines) is 1. The van der Waals surface area contributed by atoms with Gasteiger partial charge < -0.3 is 15.2 Å². The Morgan fingerprint density at radius 3 is 2.84 bits per heavy atom. The molecule has 1 atom stereocenters. The number of rotatable bonds is 4. The smallest absolute Gasteiger partial charge is 0.270 e. The second-order valence-corrected chi connectivity index (χ2v) is 7.64. The highest BCUT2D eigenvalue weighted by Crippen LogP contribution is 2.34. The van der Waals surface area contributed by atoms with E-state index in [1.807, 2.05) is 6.07 Å². The number of piperidine rings is 1. The lowest BCUT2D eigenvalue weighted by atomic mass is 9.90. The van der Waals surface area contributed by atoms with Crippen LogP contribution in [0.5, 0.6) is 0 Å². The summed E-state index contributed by atoms with van der Waals surface area (Å²) < 4.78 is 0. The molecule has 134 valence electrons. The van der Waals surface area contributed by atoms with Gasteiger partial charge in [0.05, 0.1) is 36.3 Å². The SMILES string of the molecule is CC[NH+]1CCC([NH2+][C@@H]2CCCc3c2[nH]c2ccc([N+](=O)[O-])cc32)CC1. The number of nitrogens with zero attached hydrogens (tertiary/aromatic N) is 1. The predicted octanol–water partition coefficient (Wildman–Crippen LogP) is 1.08. The number of benzene rings is 1. The van der Waals surface area contributed by atoms with Crippen molar-refractivity contribution in [1.82, 2.24) is 4.98 Å². The van der Waals surface area contributed by atoms with Crippen LogP contribution in [-0.4, -0.2) is 35.6 Å². The summed E-state index contributed by atoms with van der Waals surface area (Å²) in [7, 11) is 0. The third kappa shape index (κ3) is 3.16. The average molecular weight is 344 g/mol. The zero-order chi connectivity index (χ0) is 17.4. The Balaban J connectivity index is 1.57. The minimum atomic E-state index is -0.297. The van der Waals surface area contributed by atoms with E-state index in [9.17, 15) is 10.1 Å². The van der Waals surface area contributed by atoms with Gasteiger partial charge in [-0.2, -0.15) is 0 Å². The highest BCUT2D eigenvalue weighted by atomic mass is 16.6. The molecule has 2 aliphatic rings. The number of aryl methyl sites for hydroxylation is 1. The highest BCUT2D eigenvalue weighted by molar-refractivity contribution is 5.87. The number of nitrogens with one attached hydrogen (secondary N) is 2. The Kier molecular flexibility index (Phi) is 4.48. The molecule has 0 spiro atoms. The number of nitrogens with two attached hydrogens (primary N) is 1. The van der Waals surface area contributed by atoms with Crippen LogP contribution >= 0.6 is 0 Å². The lowest BCUT2D eigenvalue weighted by molar-refractivity contribution is -0.912. The fourth-order valence-corrected chi connectivity index (χ4v) is 4.71. The van der Waals surface area contributed by atoms with Gasteiger partial charge >= 0.3 is 0 Å². The van der Waals surface area contributed by atoms with E-state index in [-0.39, 0.29) is 10.6 Å². The summed E-state index contributed by atoms with van der Waals surface area (Å²) in [6.07, 6.45) is 5.98. The maximum atomic E-state index is 11.1. The van der Waals surface area contributed by atoms with E-state index < -0.39 is 0 Å². The number of nitro groups is 1. The number of non-ortho nitro benzene ring substituents is 1. The number of fused-ring (bicyclic) bond motifs is 3. The number of hydrogen-bond acceptors (Lipinski definition) is 2. The van der Waals surface area contributed by atoms with Crippen LogP contribution in [0, 0.1) is 10.1 Å². The fourth-order valence-electron chi connectivity index (χ4n) is 4.71. The molecule has 1 aromatic heterocycles. The lowest BCUT2D eigenvalue weighted by Crippen LogP contribution is -3.14. The van der Waals surface area contributed by atoms with Crippen molar-refractivity contribution in [2.75, 3.05) is 19.6 Å². The first kappa shape index (κ1) is 16.5. The molecule has 1 aromatic carbocycles. The molecule has 0 unspecified atom stereocenters. The van der Waals surface area contributed by atoms with Crippen molar-refractivity contribution < 1.29 is 15.1 Å². The third-order valence-corrected chi connectivity index (χ3v) is 6.19. The summed E-state index contributed by atoms with van der Waals surface area (Å²) in [5.74, 6) is 0. The Bertz CT molecular complexity index is 777. The number of aromatic nitrogens is 1. The van der Waals surface area contributed by atoms with Crippen LogP contribution in [0.4, 0.5) is 5.69 Å². The zero-order valence-electron chi connectivity index (χ0n) is 14.9. The van der Waals surface area contributed by atoms with Gasteiger partial charge in [0.2, 0.25) is 0 Å². The second kappa shape index (κ2) is 6.77. The lowest BCUT2D eigenvalue weighted by Gasteiger charge is -2.30. The van der Waals surface area contributed by atoms with Gasteiger partial charge in [-0.25, -0.2) is 0 Å². The van der Waals surface area contributed by atoms with E-state index in [0.29, 0.717) is 12.1 Å². The minimum Gasteiger partial charge on any atom is -0.353 e. The van der Waals surface area contributed by atoms with E-state index in [4.69, 9.17) is 0 Å². The van der Waals surface area contributed by atoms with Crippen LogP contribution in [0.3, 0.4) is 0 Å². The van der Waals surface area contributed by atoms with Crippen molar-refractivity contribution in [3.05, 3.63) is 39.6 Å². The summed E-state index contributed by atoms with van der Waals surface area (Å²) >= 11 is 0. The van der Waals surface area contributed by atoms with Gasteiger partial charge in [0, 0.05) is 42.3 Å². The van der Waals surface area contributed by atoms with Crippen LogP contribution in [0.25, 0.3) is 10.9 Å². The maximum absolute atomic E-state index is 11.1. The Hall–Kier alpha value is -1.92. The van der Waals surface area contributed by atoms with E-state index in [2.05, 4.69) is 17.2 Å². The van der Waals surface area contributed by atoms with Gasteiger partial charge in [-0.05, 0) is 31.4 Å². The molecule has 6 nitrogen and oxygen atoms in total. The molecule has 0 amide bonds. The standard InChI is InChI=1S/C19H26N4O2/c1-2-22-10-8-13(9-11-22)20-18-5-3-4-15-16-12-14(23(24)25)6-7-17(16)21-19(15)18/h6-7,12-13,18,20-21H,2-5,8-11H2,1H3/p+2/t18-/m1/s1. The first-order chi connectivity index (χ1) is 12.2. The minimum absolute atomic E-state index is 0.190. The quantitative estimate of drug-likeness (QED) is 0.573. The molecule has 2 aromatic rings. The maximum Gasteiger partial charge on any atom is 0.270 e. The second-order valence-electron chi connectivity index (χ2n) is 7.64. The van der Waals surface area contributed by atoms with Gasteiger partial charge in [0.15, 0.2) is 0 Å². The van der Waals surface area contributed by atoms with Crippen LogP contribution in [0.1, 0.15) is 49.9 Å². The Morgan fingerprint density at radius 2 is 2.12 bits per heavy atom. The van der Waals surface area contributed by atoms with E-state index in [0.717, 1.165) is 17.3 Å². The Labute approximate surface area is 147 Å². The van der Waals surface area contributed by atoms with Crippen molar-refractivity contribution >= 4 is 16.6 Å². The van der Waals surface area contributed by atoms with Gasteiger partial charge in [-0.1, -0.05) is 0 Å². The van der Waals surface area contributed by atoms with Gasteiger partial charge in [0.1, 0.15) is 6.04 Å². The molecule has 0 radical (unpaired) electrons. The predicted molar refractivity (Wildman–Crippen MR) is 96.8 cm³/mol. The van der Waals surface area contributed by atoms with Crippen LogP contribution in [-0.2, 0) is 6.42 Å². The average Bonchev–Trinajstić information content (AvgIpc) is 3.01. The summed E-state index contributed by atoms with van der Waals surface area (Å²) in [4.78, 5) is 16.1. The number of nitro benzene ring substituents is 1. The van der Waals surface area contributed by atoms with Gasteiger partial charge in [0.25, 0.3) is 5.69 Å². The van der Waals surface area contributed by atoms with Crippen LogP contribution in [0.2, 0.25) is 0 Å². The van der Waals surface area contributed by atoms with Crippen molar-refractivity contribution in [3.63, 3.8) is 0 Å². The van der Waals surface area contributed by atoms with Gasteiger partial charge in [-0.15, -0.1) is 0 Å². The molecular weight excluding hydrogens is 316 g/mol. The molecule has 4 rings (SSSR count). The van der Waals surface area contributed by atoms with Gasteiger partial charge in [-0.3, -0.25) is 10.1 Å². The topological polar surface area (TPSA) is 80.0 Å². The molecule has 25 heavy (non-hydrogen) atoms. The summed E-state index contributed by atoms with van der Waals surface area (Å²) in [5.41, 5.74) is 3.85. The van der Waals surface area contributed by atoms with Crippen molar-refractivity contribution in [2.45, 2.75) is 51.1 Å². The monoisotopic (exact) mass is 344 g/mol. The highest BCUT2D eigenvalue weighted by Gasteiger charge is 2.32. The molecule has 1 aliphatic carbocycles. The first-order valence-electron chi connectivity index (χ1n) is 9.63. The number of hydrogen-bond donors (Lipinski definition) is 3. The summed E-state index contributed by atoms with van der Waals surface area (Å²) in [6, 6.07) is 6.41. The number of quaternary nitrogens is 2. The van der Waals surface area contributed by atoms with E-state index in [1.165, 1.54) is 56.6 Å². The van der Waals surface area contributed by atoms with Crippen molar-refractivity contribution in [2.24, 2.45) is 0 Å². The van der Waals surface area contributed by atoms with Crippen LogP contribution < -0.4 is 10.2 Å². The molecule has 1 aliphatic heterocycles.